The summed E-state index contributed by atoms with van der Waals surface area (Å²) < 4.78 is 0. The summed E-state index contributed by atoms with van der Waals surface area (Å²) >= 11 is 24.5. The Morgan fingerprint density at radius 1 is 0.854 bits per heavy atom. The average Bonchev–Trinajstić information content (AvgIpc) is 3.23. The van der Waals surface area contributed by atoms with Gasteiger partial charge in [0.25, 0.3) is 0 Å². The van der Waals surface area contributed by atoms with Crippen molar-refractivity contribution in [2.75, 3.05) is 10.2 Å². The molecule has 1 amide bonds. The van der Waals surface area contributed by atoms with Crippen LogP contribution in [0.3, 0.4) is 0 Å². The smallest absolute Gasteiger partial charge is 0.488 e. The number of carbonyl (C=O) groups excluding carboxylic acids is 1. The van der Waals surface area contributed by atoms with Crippen LogP contribution in [-0.4, -0.2) is 22.2 Å². The summed E-state index contributed by atoms with van der Waals surface area (Å²) in [5, 5.41) is 20.9. The van der Waals surface area contributed by atoms with E-state index in [0.717, 1.165) is 11.3 Å². The molecular formula is C28H23Cl4N4NaO4. The van der Waals surface area contributed by atoms with Gasteiger partial charge in [-0.15, -0.1) is 0 Å². The minimum atomic E-state index is -0.889. The number of amides is 1. The minimum Gasteiger partial charge on any atom is -0.488 e. The number of hydrogen-bond donors (Lipinski definition) is 4. The Bertz CT molecular complexity index is 1470. The van der Waals surface area contributed by atoms with E-state index in [0.29, 0.717) is 49.1 Å². The van der Waals surface area contributed by atoms with Crippen molar-refractivity contribution in [1.82, 2.24) is 0 Å². The van der Waals surface area contributed by atoms with Crippen molar-refractivity contribution in [1.29, 1.82) is 0 Å². The third-order valence-electron chi connectivity index (χ3n) is 5.57. The van der Waals surface area contributed by atoms with Crippen molar-refractivity contribution in [2.24, 2.45) is 5.84 Å². The number of carboxylic acids is 1. The van der Waals surface area contributed by atoms with Gasteiger partial charge in [0.2, 0.25) is 5.91 Å². The van der Waals surface area contributed by atoms with Crippen LogP contribution >= 0.6 is 46.4 Å². The Labute approximate surface area is 279 Å². The Morgan fingerprint density at radius 3 is 1.95 bits per heavy atom. The Kier molecular flexibility index (Phi) is 14.4. The molecule has 0 saturated heterocycles. The first kappa shape index (κ1) is 34.9. The van der Waals surface area contributed by atoms with E-state index >= 15 is 0 Å². The van der Waals surface area contributed by atoms with Crippen LogP contribution in [0, 0.1) is 0 Å². The molecule has 1 aliphatic heterocycles. The van der Waals surface area contributed by atoms with Crippen LogP contribution in [0.4, 0.5) is 22.7 Å². The Morgan fingerprint density at radius 2 is 1.37 bits per heavy atom. The molecule has 13 heteroatoms. The molecular weight excluding hydrogens is 621 g/mol. The third-order valence-corrected chi connectivity index (χ3v) is 6.81. The predicted molar refractivity (Wildman–Crippen MR) is 161 cm³/mol. The normalized spacial score (nSPS) is 11.3. The molecule has 5 N–H and O–H groups in total. The van der Waals surface area contributed by atoms with Gasteiger partial charge in [-0.05, 0) is 47.5 Å². The molecule has 0 bridgehead atoms. The number of carbonyl (C=O) groups is 2. The predicted octanol–water partition coefficient (Wildman–Crippen LogP) is 5.21. The zero-order valence-corrected chi connectivity index (χ0v) is 26.7. The summed E-state index contributed by atoms with van der Waals surface area (Å²) in [5.41, 5.74) is 6.35. The van der Waals surface area contributed by atoms with Gasteiger partial charge in [0.1, 0.15) is 0 Å². The van der Waals surface area contributed by atoms with E-state index in [1.54, 1.807) is 59.5 Å². The molecule has 4 aromatic rings. The van der Waals surface area contributed by atoms with Crippen LogP contribution in [0.15, 0.2) is 84.9 Å². The average molecular weight is 644 g/mol. The van der Waals surface area contributed by atoms with Crippen LogP contribution in [0.1, 0.15) is 11.1 Å². The number of nitrogens with zero attached hydrogens (tertiary/aromatic N) is 2. The number of nitrogens with one attached hydrogen (secondary N) is 1. The number of para-hydroxylation sites is 4. The second-order valence-corrected chi connectivity index (χ2v) is 9.80. The molecule has 1 heterocycles. The molecule has 0 unspecified atom stereocenters. The number of anilines is 4. The first-order chi connectivity index (χ1) is 19.2. The summed E-state index contributed by atoms with van der Waals surface area (Å²) in [6.45, 7) is 0. The number of nitrogens with two attached hydrogens (primary N) is 1. The summed E-state index contributed by atoms with van der Waals surface area (Å²) in [6, 6.07) is 25.2. The van der Waals surface area contributed by atoms with Gasteiger partial charge in [0, 0.05) is 5.69 Å². The van der Waals surface area contributed by atoms with Gasteiger partial charge in [-0.25, -0.2) is 0 Å². The van der Waals surface area contributed by atoms with E-state index < -0.39 is 5.97 Å². The first-order valence-electron chi connectivity index (χ1n) is 11.6. The standard InChI is InChI=1S/C14H11Cl2NO2.C14H9Cl2NO.H3N2O.Na/c15-10-5-3-6-11(16)14(10)17-12-7-2-1-4-9(12)8-13(18)19;15-10-5-3-6-11(16)14(10)17-12-7-2-1-4-9(12)8-13(17)18;1-2-3;/h1-7,17H,8H2,(H,18,19);1-7H,8H2;3H,1H2;/q;;-1;+1. The van der Waals surface area contributed by atoms with Gasteiger partial charge in [-0.2, -0.15) is 0 Å². The molecule has 0 atom stereocenters. The van der Waals surface area contributed by atoms with Gasteiger partial charge in [0.15, 0.2) is 0 Å². The fraction of sp³-hybridized carbons (Fsp3) is 0.0714. The van der Waals surface area contributed by atoms with E-state index in [-0.39, 0.29) is 41.9 Å². The number of carboxylic acid groups (broad SMARTS) is 1. The van der Waals surface area contributed by atoms with Crippen molar-refractivity contribution in [2.45, 2.75) is 12.8 Å². The van der Waals surface area contributed by atoms with Crippen molar-refractivity contribution in [3.63, 3.8) is 0 Å². The van der Waals surface area contributed by atoms with Gasteiger partial charge in [-0.3, -0.25) is 14.5 Å². The maximum absolute atomic E-state index is 12.1. The molecule has 0 radical (unpaired) electrons. The molecule has 0 aromatic heterocycles. The topological polar surface area (TPSA) is 130 Å². The summed E-state index contributed by atoms with van der Waals surface area (Å²) in [5.74, 6) is 3.13. The van der Waals surface area contributed by atoms with E-state index in [2.05, 4.69) is 11.2 Å². The summed E-state index contributed by atoms with van der Waals surface area (Å²) in [4.78, 5) is 24.6. The van der Waals surface area contributed by atoms with Gasteiger partial charge in [0.05, 0.1) is 50.0 Å². The van der Waals surface area contributed by atoms with Gasteiger partial charge in [-0.1, -0.05) is 94.9 Å². The number of halogens is 4. The zero-order chi connectivity index (χ0) is 29.2. The number of rotatable bonds is 5. The van der Waals surface area contributed by atoms with Crippen molar-refractivity contribution in [3.8, 4) is 0 Å². The van der Waals surface area contributed by atoms with Crippen LogP contribution in [-0.2, 0) is 22.4 Å². The maximum atomic E-state index is 12.1. The van der Waals surface area contributed by atoms with Crippen LogP contribution in [0.5, 0.6) is 0 Å². The second-order valence-electron chi connectivity index (χ2n) is 8.17. The van der Waals surface area contributed by atoms with Crippen molar-refractivity contribution < 1.29 is 49.5 Å². The Balaban J connectivity index is 0.000000256. The minimum absolute atomic E-state index is 0. The van der Waals surface area contributed by atoms with E-state index in [1.165, 1.54) is 0 Å². The molecule has 5 rings (SSSR count). The van der Waals surface area contributed by atoms with E-state index in [9.17, 15) is 9.59 Å². The largest absolute Gasteiger partial charge is 1.00 e. The van der Waals surface area contributed by atoms with E-state index in [4.69, 9.17) is 56.7 Å². The zero-order valence-electron chi connectivity index (χ0n) is 21.7. The van der Waals surface area contributed by atoms with Gasteiger partial charge >= 0.3 is 35.5 Å². The SMILES string of the molecule is N[N-]O.O=C(O)Cc1ccccc1Nc1c(Cl)cccc1Cl.O=C1Cc2ccccc2N1c1c(Cl)cccc1Cl.[Na+]. The molecule has 0 spiro atoms. The maximum Gasteiger partial charge on any atom is 1.00 e. The molecule has 0 saturated carbocycles. The molecule has 0 aliphatic carbocycles. The Hall–Kier alpha value is -2.34. The fourth-order valence-electron chi connectivity index (χ4n) is 3.91. The van der Waals surface area contributed by atoms with Crippen LogP contribution in [0.25, 0.3) is 5.59 Å². The molecule has 0 fully saturated rings. The summed E-state index contributed by atoms with van der Waals surface area (Å²) in [6.07, 6.45) is 0.322. The van der Waals surface area contributed by atoms with Crippen molar-refractivity contribution >= 4 is 81.0 Å². The number of hydrogen-bond acceptors (Lipinski definition) is 5. The fourth-order valence-corrected chi connectivity index (χ4v) is 4.97. The quantitative estimate of drug-likeness (QED) is 0.134. The van der Waals surface area contributed by atoms with Crippen molar-refractivity contribution in [3.05, 3.63) is 122 Å². The number of aliphatic carboxylic acids is 1. The molecule has 1 aliphatic rings. The number of benzene rings is 4. The van der Waals surface area contributed by atoms with Crippen LogP contribution in [0.2, 0.25) is 20.1 Å². The first-order valence-corrected chi connectivity index (χ1v) is 13.1. The monoisotopic (exact) mass is 642 g/mol. The molecule has 41 heavy (non-hydrogen) atoms. The molecule has 8 nitrogen and oxygen atoms in total. The van der Waals surface area contributed by atoms with E-state index in [1.807, 2.05) is 35.9 Å². The molecule has 4 aromatic carbocycles. The van der Waals surface area contributed by atoms with Gasteiger partial charge < -0.3 is 27.1 Å². The van der Waals surface area contributed by atoms with Crippen LogP contribution < -0.4 is 45.6 Å². The second kappa shape index (κ2) is 16.9. The third kappa shape index (κ3) is 9.33. The summed E-state index contributed by atoms with van der Waals surface area (Å²) in [7, 11) is 0. The number of fused-ring (bicyclic) bond motifs is 1. The molecule has 208 valence electrons.